The minimum absolute atomic E-state index is 0.210. The first-order chi connectivity index (χ1) is 9.40. The van der Waals surface area contributed by atoms with Crippen molar-refractivity contribution in [1.29, 1.82) is 0 Å². The number of hydrogen-bond acceptors (Lipinski definition) is 3. The molecule has 1 N–H and O–H groups in total. The molecule has 2 rings (SSSR count). The van der Waals surface area contributed by atoms with Crippen molar-refractivity contribution < 1.29 is 14.4 Å². The Labute approximate surface area is 125 Å². The summed E-state index contributed by atoms with van der Waals surface area (Å²) in [5.41, 5.74) is 1.51. The number of piperidine rings is 1. The molecule has 6 heteroatoms. The quantitative estimate of drug-likeness (QED) is 0.833. The van der Waals surface area contributed by atoms with Crippen molar-refractivity contribution in [2.45, 2.75) is 25.8 Å². The van der Waals surface area contributed by atoms with Gasteiger partial charge in [0.25, 0.3) is 11.8 Å². The summed E-state index contributed by atoms with van der Waals surface area (Å²) in [4.78, 5) is 36.5. The lowest BCUT2D eigenvalue weighted by molar-refractivity contribution is -0.147. The number of hydrogen-bond donors (Lipinski definition) is 1. The van der Waals surface area contributed by atoms with E-state index in [1.165, 1.54) is 7.05 Å². The number of benzene rings is 1. The normalized spacial score (nSPS) is 19.1. The van der Waals surface area contributed by atoms with Crippen molar-refractivity contribution in [2.75, 3.05) is 7.05 Å². The van der Waals surface area contributed by atoms with E-state index in [1.54, 1.807) is 12.1 Å². The van der Waals surface area contributed by atoms with Crippen LogP contribution in [0.15, 0.2) is 22.7 Å². The fourth-order valence-corrected chi connectivity index (χ4v) is 2.40. The Kier molecular flexibility index (Phi) is 4.23. The van der Waals surface area contributed by atoms with Gasteiger partial charge < -0.3 is 5.32 Å². The lowest BCUT2D eigenvalue weighted by atomic mass is 10.0. The molecule has 1 aromatic carbocycles. The van der Waals surface area contributed by atoms with E-state index in [1.807, 2.05) is 13.0 Å². The van der Waals surface area contributed by atoms with E-state index < -0.39 is 6.04 Å². The Morgan fingerprint density at radius 2 is 2.10 bits per heavy atom. The Morgan fingerprint density at radius 1 is 1.40 bits per heavy atom. The highest BCUT2D eigenvalue weighted by Crippen LogP contribution is 2.18. The largest absolute Gasteiger partial charge is 0.340 e. The van der Waals surface area contributed by atoms with Gasteiger partial charge in [0.05, 0.1) is 0 Å². The Hall–Kier alpha value is -1.69. The average Bonchev–Trinajstić information content (AvgIpc) is 2.42. The molecule has 1 heterocycles. The summed E-state index contributed by atoms with van der Waals surface area (Å²) >= 11 is 3.37. The molecule has 0 aliphatic carbocycles. The zero-order valence-corrected chi connectivity index (χ0v) is 12.9. The van der Waals surface area contributed by atoms with Crippen LogP contribution in [0.25, 0.3) is 0 Å². The third-order valence-corrected chi connectivity index (χ3v) is 4.24. The van der Waals surface area contributed by atoms with E-state index in [0.29, 0.717) is 12.0 Å². The van der Waals surface area contributed by atoms with Crippen LogP contribution in [0.4, 0.5) is 0 Å². The van der Waals surface area contributed by atoms with Gasteiger partial charge in [0.2, 0.25) is 5.91 Å². The third kappa shape index (κ3) is 2.90. The summed E-state index contributed by atoms with van der Waals surface area (Å²) in [6.45, 7) is 1.93. The second-order valence-corrected chi connectivity index (χ2v) is 5.67. The summed E-state index contributed by atoms with van der Waals surface area (Å²) in [6.07, 6.45) is 0.617. The van der Waals surface area contributed by atoms with E-state index in [-0.39, 0.29) is 24.1 Å². The molecule has 0 bridgehead atoms. The first-order valence-electron chi connectivity index (χ1n) is 6.27. The molecule has 1 aliphatic rings. The van der Waals surface area contributed by atoms with Gasteiger partial charge in [-0.25, -0.2) is 0 Å². The number of rotatable bonds is 2. The van der Waals surface area contributed by atoms with Crippen molar-refractivity contribution in [1.82, 2.24) is 10.2 Å². The van der Waals surface area contributed by atoms with Crippen LogP contribution < -0.4 is 5.32 Å². The second kappa shape index (κ2) is 5.75. The number of imide groups is 1. The van der Waals surface area contributed by atoms with Crippen LogP contribution >= 0.6 is 15.9 Å². The first-order valence-corrected chi connectivity index (χ1v) is 7.07. The maximum absolute atomic E-state index is 12.1. The van der Waals surface area contributed by atoms with Crippen LogP contribution in [-0.4, -0.2) is 35.7 Å². The molecule has 0 aromatic heterocycles. The summed E-state index contributed by atoms with van der Waals surface area (Å²) in [6, 6.07) is 4.62. The molecule has 0 spiro atoms. The molecule has 1 atom stereocenters. The van der Waals surface area contributed by atoms with E-state index in [2.05, 4.69) is 21.2 Å². The zero-order valence-electron chi connectivity index (χ0n) is 11.3. The van der Waals surface area contributed by atoms with Gasteiger partial charge in [-0.1, -0.05) is 22.0 Å². The Balaban J connectivity index is 2.09. The van der Waals surface area contributed by atoms with E-state index in [0.717, 1.165) is 14.9 Å². The molecule has 1 unspecified atom stereocenters. The standard InChI is InChI=1S/C14H15BrN2O3/c1-8-3-4-9(7-10(8)15)13(19)16-11-5-6-12(18)17(2)14(11)20/h3-4,7,11H,5-6H2,1-2H3,(H,16,19). The van der Waals surface area contributed by atoms with Gasteiger partial charge in [0, 0.05) is 23.5 Å². The number of aryl methyl sites for hydroxylation is 1. The summed E-state index contributed by atoms with van der Waals surface area (Å²) in [7, 11) is 1.44. The van der Waals surface area contributed by atoms with Crippen molar-refractivity contribution in [3.05, 3.63) is 33.8 Å². The topological polar surface area (TPSA) is 66.5 Å². The van der Waals surface area contributed by atoms with E-state index in [4.69, 9.17) is 0 Å². The summed E-state index contributed by atoms with van der Waals surface area (Å²) < 4.78 is 0.840. The van der Waals surface area contributed by atoms with E-state index >= 15 is 0 Å². The highest BCUT2D eigenvalue weighted by atomic mass is 79.9. The monoisotopic (exact) mass is 338 g/mol. The van der Waals surface area contributed by atoms with Crippen LogP contribution in [0.2, 0.25) is 0 Å². The Bertz CT molecular complexity index is 586. The van der Waals surface area contributed by atoms with Gasteiger partial charge in [-0.2, -0.15) is 0 Å². The number of carbonyl (C=O) groups is 3. The molecule has 0 saturated carbocycles. The second-order valence-electron chi connectivity index (χ2n) is 4.82. The van der Waals surface area contributed by atoms with Crippen molar-refractivity contribution >= 4 is 33.7 Å². The predicted molar refractivity (Wildman–Crippen MR) is 77.1 cm³/mol. The fourth-order valence-electron chi connectivity index (χ4n) is 2.03. The SMILES string of the molecule is Cc1ccc(C(=O)NC2CCC(=O)N(C)C2=O)cc1Br. The number of likely N-dealkylation sites (N-methyl/N-ethyl adjacent to an activating group) is 1. The number of amides is 3. The Morgan fingerprint density at radius 3 is 2.75 bits per heavy atom. The van der Waals surface area contributed by atoms with E-state index in [9.17, 15) is 14.4 Å². The average molecular weight is 339 g/mol. The molecular formula is C14H15BrN2O3. The summed E-state index contributed by atoms with van der Waals surface area (Å²) in [5.74, 6) is -0.883. The highest BCUT2D eigenvalue weighted by molar-refractivity contribution is 9.10. The number of likely N-dealkylation sites (tertiary alicyclic amines) is 1. The lowest BCUT2D eigenvalue weighted by Crippen LogP contribution is -2.52. The van der Waals surface area contributed by atoms with Crippen LogP contribution in [0.5, 0.6) is 0 Å². The molecule has 3 amide bonds. The number of nitrogens with one attached hydrogen (secondary N) is 1. The van der Waals surface area contributed by atoms with Crippen molar-refractivity contribution in [3.63, 3.8) is 0 Å². The minimum atomic E-state index is -0.634. The molecule has 1 aliphatic heterocycles. The van der Waals surface area contributed by atoms with Gasteiger partial charge in [0.1, 0.15) is 6.04 Å². The number of nitrogens with zero attached hydrogens (tertiary/aromatic N) is 1. The smallest absolute Gasteiger partial charge is 0.251 e. The maximum Gasteiger partial charge on any atom is 0.251 e. The van der Waals surface area contributed by atoms with Crippen molar-refractivity contribution in [3.8, 4) is 0 Å². The van der Waals surface area contributed by atoms with Gasteiger partial charge in [-0.05, 0) is 31.0 Å². The molecule has 1 aromatic rings. The van der Waals surface area contributed by atoms with Crippen LogP contribution in [0, 0.1) is 6.92 Å². The molecular weight excluding hydrogens is 324 g/mol. The third-order valence-electron chi connectivity index (χ3n) is 3.39. The number of carbonyl (C=O) groups excluding carboxylic acids is 3. The molecule has 106 valence electrons. The van der Waals surface area contributed by atoms with Crippen molar-refractivity contribution in [2.24, 2.45) is 0 Å². The zero-order chi connectivity index (χ0) is 14.9. The molecule has 5 nitrogen and oxygen atoms in total. The van der Waals surface area contributed by atoms with Crippen LogP contribution in [-0.2, 0) is 9.59 Å². The molecule has 1 fully saturated rings. The first kappa shape index (κ1) is 14.7. The summed E-state index contributed by atoms with van der Waals surface area (Å²) in [5, 5.41) is 2.68. The number of halogens is 1. The molecule has 0 radical (unpaired) electrons. The van der Waals surface area contributed by atoms with Crippen LogP contribution in [0.3, 0.4) is 0 Å². The van der Waals surface area contributed by atoms with Gasteiger partial charge in [0.15, 0.2) is 0 Å². The predicted octanol–water partition coefficient (Wildman–Crippen LogP) is 1.63. The van der Waals surface area contributed by atoms with Gasteiger partial charge in [-0.15, -0.1) is 0 Å². The molecule has 20 heavy (non-hydrogen) atoms. The fraction of sp³-hybridized carbons (Fsp3) is 0.357. The highest BCUT2D eigenvalue weighted by Gasteiger charge is 2.32. The maximum atomic E-state index is 12.1. The van der Waals surface area contributed by atoms with Gasteiger partial charge >= 0.3 is 0 Å². The van der Waals surface area contributed by atoms with Crippen LogP contribution in [0.1, 0.15) is 28.8 Å². The van der Waals surface area contributed by atoms with Gasteiger partial charge in [-0.3, -0.25) is 19.3 Å². The minimum Gasteiger partial charge on any atom is -0.340 e. The molecule has 1 saturated heterocycles. The lowest BCUT2D eigenvalue weighted by Gasteiger charge is -2.28.